The molecule has 0 saturated carbocycles. The summed E-state index contributed by atoms with van der Waals surface area (Å²) < 4.78 is 25.8. The van der Waals surface area contributed by atoms with Crippen LogP contribution in [0.3, 0.4) is 0 Å². The molecule has 0 heterocycles. The minimum atomic E-state index is -2.95. The molecule has 0 unspecified atom stereocenters. The van der Waals surface area contributed by atoms with Crippen molar-refractivity contribution in [3.63, 3.8) is 0 Å². The highest BCUT2D eigenvalue weighted by molar-refractivity contribution is 5.82. The van der Waals surface area contributed by atoms with Crippen LogP contribution in [-0.2, 0) is 4.79 Å². The standard InChI is InChI=1S/C9H17F2NO/c1-6(2)8(13)5-12-9(10,11)7(3)4/h6-7,12H,5H2,1-4H3. The largest absolute Gasteiger partial charge is 0.305 e. The van der Waals surface area contributed by atoms with Crippen LogP contribution in [0.25, 0.3) is 0 Å². The Morgan fingerprint density at radius 1 is 1.31 bits per heavy atom. The number of hydrogen-bond donors (Lipinski definition) is 1. The first-order valence-electron chi connectivity index (χ1n) is 4.43. The molecular formula is C9H17F2NO. The molecule has 0 saturated heterocycles. The van der Waals surface area contributed by atoms with Crippen molar-refractivity contribution in [2.75, 3.05) is 6.54 Å². The molecule has 0 aliphatic carbocycles. The molecule has 0 aromatic rings. The Hall–Kier alpha value is -0.510. The van der Waals surface area contributed by atoms with Gasteiger partial charge in [-0.2, -0.15) is 8.78 Å². The highest BCUT2D eigenvalue weighted by Crippen LogP contribution is 2.19. The number of carbonyl (C=O) groups excluding carboxylic acids is 1. The van der Waals surface area contributed by atoms with Crippen molar-refractivity contribution in [3.05, 3.63) is 0 Å². The first-order valence-corrected chi connectivity index (χ1v) is 4.43. The fourth-order valence-electron chi connectivity index (χ4n) is 0.613. The van der Waals surface area contributed by atoms with Crippen molar-refractivity contribution in [2.45, 2.75) is 33.7 Å². The van der Waals surface area contributed by atoms with Crippen molar-refractivity contribution < 1.29 is 13.6 Å². The highest BCUT2D eigenvalue weighted by Gasteiger charge is 2.33. The van der Waals surface area contributed by atoms with E-state index < -0.39 is 12.0 Å². The first-order chi connectivity index (χ1) is 5.77. The molecule has 0 aromatic heterocycles. The highest BCUT2D eigenvalue weighted by atomic mass is 19.3. The number of Topliss-reactive ketones (excluding diaryl/α,β-unsaturated/α-hetero) is 1. The lowest BCUT2D eigenvalue weighted by molar-refractivity contribution is -0.126. The molecular weight excluding hydrogens is 176 g/mol. The van der Waals surface area contributed by atoms with Gasteiger partial charge in [0.15, 0.2) is 0 Å². The summed E-state index contributed by atoms with van der Waals surface area (Å²) in [4.78, 5) is 11.0. The normalized spacial score (nSPS) is 12.6. The fourth-order valence-corrected chi connectivity index (χ4v) is 0.613. The lowest BCUT2D eigenvalue weighted by atomic mass is 10.1. The van der Waals surface area contributed by atoms with Gasteiger partial charge < -0.3 is 0 Å². The topological polar surface area (TPSA) is 29.1 Å². The van der Waals surface area contributed by atoms with Gasteiger partial charge in [-0.1, -0.05) is 27.7 Å². The van der Waals surface area contributed by atoms with E-state index in [0.717, 1.165) is 0 Å². The van der Waals surface area contributed by atoms with Crippen LogP contribution >= 0.6 is 0 Å². The average Bonchev–Trinajstić information content (AvgIpc) is 1.99. The molecule has 0 amide bonds. The third-order valence-electron chi connectivity index (χ3n) is 1.87. The van der Waals surface area contributed by atoms with Crippen LogP contribution in [0, 0.1) is 11.8 Å². The van der Waals surface area contributed by atoms with Gasteiger partial charge in [-0.05, 0) is 0 Å². The Kier molecular flexibility index (Phi) is 4.47. The van der Waals surface area contributed by atoms with Gasteiger partial charge in [0.05, 0.1) is 6.54 Å². The molecule has 0 rings (SSSR count). The third kappa shape index (κ3) is 4.31. The summed E-state index contributed by atoms with van der Waals surface area (Å²) in [6.45, 7) is 5.94. The Morgan fingerprint density at radius 2 is 1.77 bits per heavy atom. The maximum absolute atomic E-state index is 12.9. The molecule has 78 valence electrons. The number of halogens is 2. The van der Waals surface area contributed by atoms with Crippen LogP contribution < -0.4 is 5.32 Å². The van der Waals surface area contributed by atoms with Crippen LogP contribution in [0.2, 0.25) is 0 Å². The second-order valence-corrected chi connectivity index (χ2v) is 3.75. The number of hydrogen-bond acceptors (Lipinski definition) is 2. The number of carbonyl (C=O) groups is 1. The fraction of sp³-hybridized carbons (Fsp3) is 0.889. The van der Waals surface area contributed by atoms with Gasteiger partial charge >= 0.3 is 6.05 Å². The van der Waals surface area contributed by atoms with E-state index in [4.69, 9.17) is 0 Å². The van der Waals surface area contributed by atoms with Crippen LogP contribution in [-0.4, -0.2) is 18.4 Å². The molecule has 0 atom stereocenters. The van der Waals surface area contributed by atoms with Crippen molar-refractivity contribution in [2.24, 2.45) is 11.8 Å². The average molecular weight is 193 g/mol. The summed E-state index contributed by atoms with van der Waals surface area (Å²) in [5, 5.41) is 1.96. The van der Waals surface area contributed by atoms with Crippen molar-refractivity contribution >= 4 is 5.78 Å². The summed E-state index contributed by atoms with van der Waals surface area (Å²) in [7, 11) is 0. The summed E-state index contributed by atoms with van der Waals surface area (Å²) in [5.41, 5.74) is 0. The number of nitrogens with one attached hydrogen (secondary N) is 1. The molecule has 1 N–H and O–H groups in total. The summed E-state index contributed by atoms with van der Waals surface area (Å²) in [6, 6.07) is -2.95. The number of alkyl halides is 2. The molecule has 0 bridgehead atoms. The summed E-state index contributed by atoms with van der Waals surface area (Å²) in [6.07, 6.45) is 0. The van der Waals surface area contributed by atoms with E-state index in [9.17, 15) is 13.6 Å². The monoisotopic (exact) mass is 193 g/mol. The molecule has 0 spiro atoms. The smallest absolute Gasteiger partial charge is 0.298 e. The van der Waals surface area contributed by atoms with E-state index in [-0.39, 0.29) is 18.2 Å². The molecule has 0 radical (unpaired) electrons. The van der Waals surface area contributed by atoms with Crippen molar-refractivity contribution in [1.29, 1.82) is 0 Å². The van der Waals surface area contributed by atoms with Crippen LogP contribution in [0.15, 0.2) is 0 Å². The van der Waals surface area contributed by atoms with Crippen LogP contribution in [0.1, 0.15) is 27.7 Å². The van der Waals surface area contributed by atoms with Crippen LogP contribution in [0.5, 0.6) is 0 Å². The lowest BCUT2D eigenvalue weighted by Gasteiger charge is -2.21. The van der Waals surface area contributed by atoms with E-state index >= 15 is 0 Å². The van der Waals surface area contributed by atoms with E-state index in [1.54, 1.807) is 13.8 Å². The minimum Gasteiger partial charge on any atom is -0.298 e. The lowest BCUT2D eigenvalue weighted by Crippen LogP contribution is -2.44. The minimum absolute atomic E-state index is 0.194. The molecule has 4 heteroatoms. The van der Waals surface area contributed by atoms with Crippen molar-refractivity contribution in [3.8, 4) is 0 Å². The van der Waals surface area contributed by atoms with Gasteiger partial charge in [0.1, 0.15) is 5.78 Å². The van der Waals surface area contributed by atoms with Crippen molar-refractivity contribution in [1.82, 2.24) is 5.32 Å². The predicted molar refractivity (Wildman–Crippen MR) is 47.6 cm³/mol. The molecule has 0 aromatic carbocycles. The quantitative estimate of drug-likeness (QED) is 0.677. The molecule has 13 heavy (non-hydrogen) atoms. The van der Waals surface area contributed by atoms with Gasteiger partial charge in [0.25, 0.3) is 0 Å². The first kappa shape index (κ1) is 12.5. The molecule has 0 aliphatic heterocycles. The number of rotatable bonds is 5. The van der Waals surface area contributed by atoms with E-state index in [1.807, 2.05) is 5.32 Å². The summed E-state index contributed by atoms with van der Waals surface area (Å²) in [5.74, 6) is -1.19. The van der Waals surface area contributed by atoms with E-state index in [0.29, 0.717) is 0 Å². The van der Waals surface area contributed by atoms with Gasteiger partial charge in [-0.15, -0.1) is 0 Å². The van der Waals surface area contributed by atoms with E-state index in [2.05, 4.69) is 0 Å². The van der Waals surface area contributed by atoms with Gasteiger partial charge in [-0.25, -0.2) is 0 Å². The number of ketones is 1. The maximum atomic E-state index is 12.9. The Balaban J connectivity index is 3.95. The maximum Gasteiger partial charge on any atom is 0.305 e. The SMILES string of the molecule is CC(C)C(=O)CNC(F)(F)C(C)C. The molecule has 2 nitrogen and oxygen atoms in total. The second-order valence-electron chi connectivity index (χ2n) is 3.75. The molecule has 0 fully saturated rings. The van der Waals surface area contributed by atoms with Gasteiger partial charge in [0, 0.05) is 11.8 Å². The third-order valence-corrected chi connectivity index (χ3v) is 1.87. The zero-order valence-electron chi connectivity index (χ0n) is 8.53. The zero-order valence-corrected chi connectivity index (χ0v) is 8.53. The predicted octanol–water partition coefficient (Wildman–Crippen LogP) is 2.05. The summed E-state index contributed by atoms with van der Waals surface area (Å²) >= 11 is 0. The Labute approximate surface area is 77.7 Å². The Morgan fingerprint density at radius 3 is 2.08 bits per heavy atom. The van der Waals surface area contributed by atoms with Crippen LogP contribution in [0.4, 0.5) is 8.78 Å². The zero-order chi connectivity index (χ0) is 10.6. The Bertz CT molecular complexity index is 178. The van der Waals surface area contributed by atoms with Gasteiger partial charge in [0.2, 0.25) is 0 Å². The van der Waals surface area contributed by atoms with Gasteiger partial charge in [-0.3, -0.25) is 10.1 Å². The van der Waals surface area contributed by atoms with E-state index in [1.165, 1.54) is 13.8 Å². The molecule has 0 aliphatic rings. The second kappa shape index (κ2) is 4.65.